The summed E-state index contributed by atoms with van der Waals surface area (Å²) >= 11 is 6.19. The Bertz CT molecular complexity index is 1100. The van der Waals surface area contributed by atoms with Gasteiger partial charge in [0.05, 0.1) is 22.5 Å². The summed E-state index contributed by atoms with van der Waals surface area (Å²) in [6.45, 7) is 1.52. The summed E-state index contributed by atoms with van der Waals surface area (Å²) in [5.74, 6) is 0. The summed E-state index contributed by atoms with van der Waals surface area (Å²) in [5, 5.41) is 17.9. The number of hydrogen-bond donors (Lipinski definition) is 2. The minimum absolute atomic E-state index is 0.0940. The van der Waals surface area contributed by atoms with Crippen LogP contribution in [0.25, 0.3) is 5.57 Å². The second kappa shape index (κ2) is 8.90. The van der Waals surface area contributed by atoms with E-state index in [9.17, 15) is 31.4 Å². The summed E-state index contributed by atoms with van der Waals surface area (Å²) < 4.78 is 81.3. The topological polar surface area (TPSA) is 47.9 Å². The van der Waals surface area contributed by atoms with E-state index in [1.165, 1.54) is 18.2 Å². The number of rotatable bonds is 4. The molecule has 11 heteroatoms. The first kappa shape index (κ1) is 24.6. The number of anilines is 1. The summed E-state index contributed by atoms with van der Waals surface area (Å²) in [4.78, 5) is 0. The largest absolute Gasteiger partial charge is 0.431 e. The maximum atomic E-state index is 13.5. The van der Waals surface area contributed by atoms with Crippen molar-refractivity contribution in [2.24, 2.45) is 5.10 Å². The third kappa shape index (κ3) is 4.30. The highest BCUT2D eigenvalue weighted by Crippen LogP contribution is 2.49. The summed E-state index contributed by atoms with van der Waals surface area (Å²) in [6, 6.07) is 11.8. The second-order valence-electron chi connectivity index (χ2n) is 8.07. The number of hydrazone groups is 1. The van der Waals surface area contributed by atoms with E-state index in [2.05, 4.69) is 10.4 Å². The van der Waals surface area contributed by atoms with Gasteiger partial charge in [0.1, 0.15) is 0 Å². The molecule has 2 N–H and O–H groups in total. The van der Waals surface area contributed by atoms with Crippen LogP contribution in [-0.4, -0.2) is 41.9 Å². The molecule has 1 unspecified atom stereocenters. The third-order valence-electron chi connectivity index (χ3n) is 5.98. The average molecular weight is 504 g/mol. The molecule has 34 heavy (non-hydrogen) atoms. The van der Waals surface area contributed by atoms with Crippen molar-refractivity contribution in [2.75, 3.05) is 18.1 Å². The molecule has 2 aliphatic heterocycles. The first-order valence-corrected chi connectivity index (χ1v) is 10.8. The van der Waals surface area contributed by atoms with Crippen molar-refractivity contribution in [3.05, 3.63) is 70.8 Å². The fourth-order valence-corrected chi connectivity index (χ4v) is 4.36. The maximum Gasteiger partial charge on any atom is 0.431 e. The molecule has 0 bridgehead atoms. The lowest BCUT2D eigenvalue weighted by Crippen LogP contribution is -2.62. The van der Waals surface area contributed by atoms with Gasteiger partial charge in [0.25, 0.3) is 5.60 Å². The number of aliphatic hydroxyl groups is 1. The van der Waals surface area contributed by atoms with Gasteiger partial charge < -0.3 is 10.4 Å². The van der Waals surface area contributed by atoms with Crippen LogP contribution in [-0.2, 0) is 0 Å². The van der Waals surface area contributed by atoms with Gasteiger partial charge in [0.2, 0.25) is 0 Å². The van der Waals surface area contributed by atoms with E-state index in [4.69, 9.17) is 11.6 Å². The van der Waals surface area contributed by atoms with Gasteiger partial charge >= 0.3 is 12.4 Å². The predicted octanol–water partition coefficient (Wildman–Crippen LogP) is 5.88. The molecule has 2 aromatic carbocycles. The van der Waals surface area contributed by atoms with Crippen molar-refractivity contribution in [1.82, 2.24) is 5.32 Å². The van der Waals surface area contributed by atoms with E-state index < -0.39 is 36.1 Å². The Balaban J connectivity index is 1.77. The minimum atomic E-state index is -6.02. The molecule has 4 rings (SSSR count). The SMILES string of the molecule is OC(C1=NN(c2ccccc2Cl)C(c2ccc(C3=CCNCC3)cc2)C1)(C(F)(F)F)C(F)(F)F. The number of nitrogens with zero attached hydrogens (tertiary/aromatic N) is 2. The van der Waals surface area contributed by atoms with Crippen LogP contribution in [0.3, 0.4) is 0 Å². The van der Waals surface area contributed by atoms with Crippen molar-refractivity contribution in [1.29, 1.82) is 0 Å². The molecule has 0 aliphatic carbocycles. The molecule has 0 spiro atoms. The van der Waals surface area contributed by atoms with Gasteiger partial charge in [-0.1, -0.05) is 54.1 Å². The predicted molar refractivity (Wildman–Crippen MR) is 118 cm³/mol. The van der Waals surface area contributed by atoms with Gasteiger partial charge in [-0.3, -0.25) is 5.01 Å². The van der Waals surface area contributed by atoms with E-state index in [0.29, 0.717) is 12.1 Å². The monoisotopic (exact) mass is 503 g/mol. The molecule has 2 heterocycles. The first-order valence-electron chi connectivity index (χ1n) is 10.4. The van der Waals surface area contributed by atoms with E-state index in [1.54, 1.807) is 30.3 Å². The molecule has 4 nitrogen and oxygen atoms in total. The number of nitrogens with one attached hydrogen (secondary N) is 1. The van der Waals surface area contributed by atoms with Crippen LogP contribution in [0.15, 0.2) is 59.7 Å². The minimum Gasteiger partial charge on any atom is -0.369 e. The van der Waals surface area contributed by atoms with E-state index in [1.807, 2.05) is 6.08 Å². The van der Waals surface area contributed by atoms with Gasteiger partial charge in [-0.2, -0.15) is 31.4 Å². The van der Waals surface area contributed by atoms with E-state index in [-0.39, 0.29) is 10.7 Å². The van der Waals surface area contributed by atoms with Crippen molar-refractivity contribution < 1.29 is 31.4 Å². The van der Waals surface area contributed by atoms with Crippen LogP contribution in [0.2, 0.25) is 5.02 Å². The quantitative estimate of drug-likeness (QED) is 0.512. The molecule has 2 aliphatic rings. The normalized spacial score (nSPS) is 19.8. The summed E-state index contributed by atoms with van der Waals surface area (Å²) in [7, 11) is 0. The lowest BCUT2D eigenvalue weighted by atomic mass is 9.89. The molecule has 0 radical (unpaired) electrons. The summed E-state index contributed by atoms with van der Waals surface area (Å²) in [5.41, 5.74) is -3.96. The Hall–Kier alpha value is -2.56. The fourth-order valence-electron chi connectivity index (χ4n) is 4.14. The van der Waals surface area contributed by atoms with E-state index >= 15 is 0 Å². The maximum absolute atomic E-state index is 13.5. The Morgan fingerprint density at radius 1 is 0.971 bits per heavy atom. The zero-order valence-electron chi connectivity index (χ0n) is 17.6. The Labute approximate surface area is 196 Å². The van der Waals surface area contributed by atoms with Crippen LogP contribution in [0.5, 0.6) is 0 Å². The van der Waals surface area contributed by atoms with Gasteiger partial charge in [0.15, 0.2) is 0 Å². The third-order valence-corrected chi connectivity index (χ3v) is 6.30. The van der Waals surface area contributed by atoms with Crippen molar-refractivity contribution in [2.45, 2.75) is 36.8 Å². The first-order chi connectivity index (χ1) is 15.9. The van der Waals surface area contributed by atoms with Gasteiger partial charge in [-0.25, -0.2) is 0 Å². The highest BCUT2D eigenvalue weighted by atomic mass is 35.5. The Morgan fingerprint density at radius 2 is 1.62 bits per heavy atom. The molecule has 2 aromatic rings. The Kier molecular flexibility index (Phi) is 6.43. The number of halogens is 7. The average Bonchev–Trinajstić information content (AvgIpc) is 3.23. The highest BCUT2D eigenvalue weighted by Gasteiger charge is 2.74. The van der Waals surface area contributed by atoms with Crippen LogP contribution in [0.1, 0.15) is 30.0 Å². The van der Waals surface area contributed by atoms with Crippen LogP contribution < -0.4 is 10.3 Å². The highest BCUT2D eigenvalue weighted by molar-refractivity contribution is 6.33. The molecular formula is C23H20ClF6N3O. The molecule has 0 fully saturated rings. The smallest absolute Gasteiger partial charge is 0.369 e. The van der Waals surface area contributed by atoms with Gasteiger partial charge in [0, 0.05) is 13.0 Å². The van der Waals surface area contributed by atoms with Crippen LogP contribution in [0, 0.1) is 0 Å². The number of alkyl halides is 6. The molecule has 0 amide bonds. The van der Waals surface area contributed by atoms with Gasteiger partial charge in [-0.05, 0) is 41.8 Å². The van der Waals surface area contributed by atoms with Gasteiger partial charge in [-0.15, -0.1) is 0 Å². The molecular weight excluding hydrogens is 484 g/mol. The summed E-state index contributed by atoms with van der Waals surface area (Å²) in [6.07, 6.45) is -10.0. The Morgan fingerprint density at radius 3 is 2.18 bits per heavy atom. The zero-order valence-corrected chi connectivity index (χ0v) is 18.3. The second-order valence-corrected chi connectivity index (χ2v) is 8.48. The fraction of sp³-hybridized carbons (Fsp3) is 0.348. The van der Waals surface area contributed by atoms with Crippen molar-refractivity contribution >= 4 is 28.6 Å². The van der Waals surface area contributed by atoms with Crippen molar-refractivity contribution in [3.63, 3.8) is 0 Å². The van der Waals surface area contributed by atoms with Crippen LogP contribution in [0.4, 0.5) is 32.0 Å². The molecule has 1 atom stereocenters. The molecule has 0 aromatic heterocycles. The number of benzene rings is 2. The lowest BCUT2D eigenvalue weighted by Gasteiger charge is -2.32. The lowest BCUT2D eigenvalue weighted by molar-refractivity contribution is -0.338. The number of hydrogen-bond acceptors (Lipinski definition) is 4. The van der Waals surface area contributed by atoms with E-state index in [0.717, 1.165) is 29.1 Å². The zero-order chi connectivity index (χ0) is 24.7. The molecule has 0 saturated heterocycles. The molecule has 182 valence electrons. The van der Waals surface area contributed by atoms with Crippen molar-refractivity contribution in [3.8, 4) is 0 Å². The standard InChI is InChI=1S/C23H20ClF6N3O/c24-17-3-1-2-4-18(17)33-19(13-20(32-33)21(34,22(25,26)27)23(28,29)30)16-7-5-14(6-8-16)15-9-11-31-12-10-15/h1-9,19,31,34H,10-13H2. The van der Waals surface area contributed by atoms with Crippen LogP contribution >= 0.6 is 11.6 Å². The molecule has 0 saturated carbocycles. The number of para-hydroxylation sites is 1.